The van der Waals surface area contributed by atoms with Gasteiger partial charge >= 0.3 is 0 Å². The van der Waals surface area contributed by atoms with Crippen LogP contribution in [0.5, 0.6) is 0 Å². The molecule has 98 valence electrons. The Morgan fingerprint density at radius 2 is 2.12 bits per heavy atom. The van der Waals surface area contributed by atoms with Gasteiger partial charge in [-0.05, 0) is 36.4 Å². The monoisotopic (exact) mass is 290 g/mol. The van der Waals surface area contributed by atoms with Crippen molar-refractivity contribution in [2.45, 2.75) is 51.3 Å². The lowest BCUT2D eigenvalue weighted by atomic mass is 9.86. The van der Waals surface area contributed by atoms with E-state index in [0.29, 0.717) is 5.41 Å². The molecule has 5 heteroatoms. The molecule has 1 rings (SSSR count). The van der Waals surface area contributed by atoms with Crippen LogP contribution < -0.4 is 0 Å². The quantitative estimate of drug-likeness (QED) is 0.580. The number of nitrogens with zero attached hydrogens (tertiary/aromatic N) is 1. The minimum Gasteiger partial charge on any atom is -0.257 e. The van der Waals surface area contributed by atoms with Gasteiger partial charge < -0.3 is 0 Å². The fourth-order valence-corrected chi connectivity index (χ4v) is 3.77. The van der Waals surface area contributed by atoms with Crippen molar-refractivity contribution in [1.82, 2.24) is 10.2 Å². The van der Waals surface area contributed by atoms with E-state index in [9.17, 15) is 0 Å². The number of hydrogen-bond acceptors (Lipinski definition) is 4. The van der Waals surface area contributed by atoms with Gasteiger partial charge in [-0.25, -0.2) is 0 Å². The van der Waals surface area contributed by atoms with E-state index in [1.807, 2.05) is 11.8 Å². The molecule has 1 aromatic rings. The average Bonchev–Trinajstić information content (AvgIpc) is 2.60. The van der Waals surface area contributed by atoms with E-state index in [1.54, 1.807) is 11.3 Å². The van der Waals surface area contributed by atoms with Crippen LogP contribution in [-0.4, -0.2) is 16.0 Å². The van der Waals surface area contributed by atoms with E-state index in [1.165, 1.54) is 19.3 Å². The van der Waals surface area contributed by atoms with Crippen molar-refractivity contribution in [3.63, 3.8) is 0 Å². The molecule has 1 N–H and O–H groups in total. The van der Waals surface area contributed by atoms with Crippen LogP contribution in [0.3, 0.4) is 0 Å². The van der Waals surface area contributed by atoms with E-state index in [4.69, 9.17) is 12.2 Å². The molecule has 0 saturated carbocycles. The van der Waals surface area contributed by atoms with Gasteiger partial charge in [-0.2, -0.15) is 5.10 Å². The first-order chi connectivity index (χ1) is 7.87. The van der Waals surface area contributed by atoms with E-state index in [2.05, 4.69) is 37.9 Å². The number of H-pyrrole nitrogens is 1. The summed E-state index contributed by atoms with van der Waals surface area (Å²) in [5.41, 5.74) is 0.461. The van der Waals surface area contributed by atoms with Crippen molar-refractivity contribution in [2.75, 3.05) is 5.75 Å². The SMILES string of the molecule is CC(CCSc1n[nH]c(=S)s1)CCC(C)(C)C. The zero-order chi connectivity index (χ0) is 12.9. The van der Waals surface area contributed by atoms with Crippen molar-refractivity contribution in [3.8, 4) is 0 Å². The van der Waals surface area contributed by atoms with Crippen LogP contribution >= 0.6 is 35.3 Å². The minimum atomic E-state index is 0.461. The average molecular weight is 291 g/mol. The number of rotatable bonds is 6. The third-order valence-corrected chi connectivity index (χ3v) is 4.91. The summed E-state index contributed by atoms with van der Waals surface area (Å²) in [6, 6.07) is 0. The van der Waals surface area contributed by atoms with Gasteiger partial charge in [0.05, 0.1) is 0 Å². The standard InChI is InChI=1S/C12H22N2S3/c1-9(5-7-12(2,3)4)6-8-16-11-14-13-10(15)17-11/h9H,5-8H2,1-4H3,(H,13,15). The molecule has 1 unspecified atom stereocenters. The second kappa shape index (κ2) is 6.90. The molecular formula is C12H22N2S3. The summed E-state index contributed by atoms with van der Waals surface area (Å²) < 4.78 is 1.84. The maximum atomic E-state index is 5.00. The van der Waals surface area contributed by atoms with Gasteiger partial charge in [0.2, 0.25) is 0 Å². The molecule has 0 aliphatic carbocycles. The number of aromatic amines is 1. The normalized spacial score (nSPS) is 13.9. The third kappa shape index (κ3) is 7.21. The number of aromatic nitrogens is 2. The number of hydrogen-bond donors (Lipinski definition) is 1. The molecule has 0 amide bonds. The fourth-order valence-electron chi connectivity index (χ4n) is 1.45. The molecule has 0 radical (unpaired) electrons. The largest absolute Gasteiger partial charge is 0.257 e. The molecule has 1 heterocycles. The highest BCUT2D eigenvalue weighted by atomic mass is 32.2. The summed E-state index contributed by atoms with van der Waals surface area (Å²) in [5.74, 6) is 1.94. The first kappa shape index (κ1) is 15.2. The molecule has 0 spiro atoms. The lowest BCUT2D eigenvalue weighted by molar-refractivity contribution is 0.328. The molecule has 0 aliphatic rings. The van der Waals surface area contributed by atoms with Gasteiger partial charge in [-0.1, -0.05) is 57.2 Å². The van der Waals surface area contributed by atoms with Gasteiger partial charge in [0, 0.05) is 5.75 Å². The topological polar surface area (TPSA) is 28.7 Å². The Morgan fingerprint density at radius 3 is 2.65 bits per heavy atom. The van der Waals surface area contributed by atoms with Gasteiger partial charge in [-0.3, -0.25) is 5.10 Å². The van der Waals surface area contributed by atoms with Crippen LogP contribution in [0, 0.1) is 15.3 Å². The van der Waals surface area contributed by atoms with Gasteiger partial charge in [-0.15, -0.1) is 0 Å². The molecule has 0 fully saturated rings. The Hall–Kier alpha value is 0.130. The number of thioether (sulfide) groups is 1. The lowest BCUT2D eigenvalue weighted by Gasteiger charge is -2.20. The second-order valence-electron chi connectivity index (χ2n) is 5.72. The predicted molar refractivity (Wildman–Crippen MR) is 80.5 cm³/mol. The molecule has 1 atom stereocenters. The van der Waals surface area contributed by atoms with Crippen molar-refractivity contribution in [3.05, 3.63) is 3.95 Å². The minimum absolute atomic E-state index is 0.461. The highest BCUT2D eigenvalue weighted by Crippen LogP contribution is 2.27. The molecule has 17 heavy (non-hydrogen) atoms. The maximum Gasteiger partial charge on any atom is 0.177 e. The Balaban J connectivity index is 2.16. The number of nitrogens with one attached hydrogen (secondary N) is 1. The molecular weight excluding hydrogens is 268 g/mol. The van der Waals surface area contributed by atoms with Crippen molar-refractivity contribution in [1.29, 1.82) is 0 Å². The van der Waals surface area contributed by atoms with Crippen molar-refractivity contribution >= 4 is 35.3 Å². The highest BCUT2D eigenvalue weighted by molar-refractivity contribution is 8.01. The molecule has 0 bridgehead atoms. The smallest absolute Gasteiger partial charge is 0.177 e. The summed E-state index contributed by atoms with van der Waals surface area (Å²) >= 11 is 8.39. The lowest BCUT2D eigenvalue weighted by Crippen LogP contribution is -2.08. The third-order valence-electron chi connectivity index (χ3n) is 2.64. The van der Waals surface area contributed by atoms with Crippen molar-refractivity contribution in [2.24, 2.45) is 11.3 Å². The Morgan fingerprint density at radius 1 is 1.41 bits per heavy atom. The van der Waals surface area contributed by atoms with Crippen LogP contribution in [-0.2, 0) is 0 Å². The Labute approximate surface area is 118 Å². The van der Waals surface area contributed by atoms with E-state index >= 15 is 0 Å². The summed E-state index contributed by atoms with van der Waals surface area (Å²) in [4.78, 5) is 0. The van der Waals surface area contributed by atoms with Crippen LogP contribution in [0.4, 0.5) is 0 Å². The molecule has 0 aromatic carbocycles. The first-order valence-electron chi connectivity index (χ1n) is 6.05. The summed E-state index contributed by atoms with van der Waals surface area (Å²) in [5, 5.41) is 6.96. The second-order valence-corrected chi connectivity index (χ2v) is 8.73. The molecule has 2 nitrogen and oxygen atoms in total. The molecule has 1 aromatic heterocycles. The summed E-state index contributed by atoms with van der Waals surface area (Å²) in [6.45, 7) is 9.28. The van der Waals surface area contributed by atoms with E-state index in [0.717, 1.165) is 20.0 Å². The van der Waals surface area contributed by atoms with Crippen molar-refractivity contribution < 1.29 is 0 Å². The van der Waals surface area contributed by atoms with Crippen LogP contribution in [0.15, 0.2) is 4.34 Å². The zero-order valence-corrected chi connectivity index (χ0v) is 13.5. The Kier molecular flexibility index (Phi) is 6.17. The molecule has 0 aliphatic heterocycles. The first-order valence-corrected chi connectivity index (χ1v) is 8.26. The van der Waals surface area contributed by atoms with Crippen LogP contribution in [0.1, 0.15) is 47.0 Å². The fraction of sp³-hybridized carbons (Fsp3) is 0.833. The van der Waals surface area contributed by atoms with E-state index < -0.39 is 0 Å². The summed E-state index contributed by atoms with van der Waals surface area (Å²) in [7, 11) is 0. The van der Waals surface area contributed by atoms with Gasteiger partial charge in [0.1, 0.15) is 0 Å². The highest BCUT2D eigenvalue weighted by Gasteiger charge is 2.12. The maximum absolute atomic E-state index is 5.00. The Bertz CT molecular complexity index is 376. The van der Waals surface area contributed by atoms with Crippen LogP contribution in [0.2, 0.25) is 0 Å². The molecule has 0 saturated heterocycles. The zero-order valence-electron chi connectivity index (χ0n) is 11.1. The predicted octanol–water partition coefficient (Wildman–Crippen LogP) is 5.15. The van der Waals surface area contributed by atoms with Gasteiger partial charge in [0.25, 0.3) is 0 Å². The van der Waals surface area contributed by atoms with Gasteiger partial charge in [0.15, 0.2) is 8.29 Å². The summed E-state index contributed by atoms with van der Waals surface area (Å²) in [6.07, 6.45) is 3.88. The van der Waals surface area contributed by atoms with Crippen LogP contribution in [0.25, 0.3) is 0 Å². The van der Waals surface area contributed by atoms with E-state index in [-0.39, 0.29) is 0 Å².